The van der Waals surface area contributed by atoms with Gasteiger partial charge in [-0.05, 0) is 29.8 Å². The Labute approximate surface area is 160 Å². The topological polar surface area (TPSA) is 53.4 Å². The molecule has 0 unspecified atom stereocenters. The van der Waals surface area contributed by atoms with Crippen molar-refractivity contribution in [1.82, 2.24) is 9.55 Å². The lowest BCUT2D eigenvalue weighted by Gasteiger charge is -2.08. The van der Waals surface area contributed by atoms with Crippen LogP contribution in [0.25, 0.3) is 21.3 Å². The highest BCUT2D eigenvalue weighted by molar-refractivity contribution is 7.17. The SMILES string of the molecule is COc1ccc(-c2csc3ncn(CCOc4ccccc4)c(=O)c23)cc1. The van der Waals surface area contributed by atoms with Crippen LogP contribution < -0.4 is 15.0 Å². The molecule has 4 rings (SSSR count). The number of rotatable bonds is 6. The molecule has 4 aromatic rings. The molecule has 0 atom stereocenters. The molecular weight excluding hydrogens is 360 g/mol. The fraction of sp³-hybridized carbons (Fsp3) is 0.143. The Hall–Kier alpha value is -3.12. The lowest BCUT2D eigenvalue weighted by atomic mass is 10.1. The second kappa shape index (κ2) is 7.63. The van der Waals surface area contributed by atoms with E-state index in [9.17, 15) is 4.79 Å². The summed E-state index contributed by atoms with van der Waals surface area (Å²) in [6.45, 7) is 0.841. The highest BCUT2D eigenvalue weighted by Crippen LogP contribution is 2.31. The average molecular weight is 378 g/mol. The monoisotopic (exact) mass is 378 g/mol. The van der Waals surface area contributed by atoms with Gasteiger partial charge in [-0.3, -0.25) is 9.36 Å². The van der Waals surface area contributed by atoms with Crippen molar-refractivity contribution in [3.05, 3.63) is 76.7 Å². The van der Waals surface area contributed by atoms with E-state index in [1.54, 1.807) is 18.0 Å². The summed E-state index contributed by atoms with van der Waals surface area (Å²) in [4.78, 5) is 18.2. The highest BCUT2D eigenvalue weighted by atomic mass is 32.1. The molecule has 0 N–H and O–H groups in total. The summed E-state index contributed by atoms with van der Waals surface area (Å²) in [6, 6.07) is 17.2. The number of nitrogens with zero attached hydrogens (tertiary/aromatic N) is 2. The van der Waals surface area contributed by atoms with Crippen LogP contribution in [0.3, 0.4) is 0 Å². The minimum absolute atomic E-state index is 0.0521. The summed E-state index contributed by atoms with van der Waals surface area (Å²) in [7, 11) is 1.63. The number of thiophene rings is 1. The van der Waals surface area contributed by atoms with Crippen molar-refractivity contribution in [3.63, 3.8) is 0 Å². The fourth-order valence-electron chi connectivity index (χ4n) is 2.89. The number of hydrogen-bond donors (Lipinski definition) is 0. The van der Waals surface area contributed by atoms with Crippen molar-refractivity contribution in [2.75, 3.05) is 13.7 Å². The molecule has 27 heavy (non-hydrogen) atoms. The molecule has 0 saturated carbocycles. The molecule has 0 amide bonds. The molecule has 136 valence electrons. The fourth-order valence-corrected chi connectivity index (χ4v) is 3.79. The minimum atomic E-state index is -0.0521. The van der Waals surface area contributed by atoms with Crippen LogP contribution in [0.5, 0.6) is 11.5 Å². The molecule has 0 fully saturated rings. The number of fused-ring (bicyclic) bond motifs is 1. The number of para-hydroxylation sites is 1. The molecule has 0 bridgehead atoms. The molecule has 0 radical (unpaired) electrons. The van der Waals surface area contributed by atoms with Gasteiger partial charge in [-0.25, -0.2) is 4.98 Å². The molecule has 0 saturated heterocycles. The first-order valence-electron chi connectivity index (χ1n) is 8.55. The molecule has 2 heterocycles. The third-order valence-corrected chi connectivity index (χ3v) is 5.19. The zero-order chi connectivity index (χ0) is 18.6. The molecular formula is C21H18N2O3S. The molecule has 5 nitrogen and oxygen atoms in total. The largest absolute Gasteiger partial charge is 0.497 e. The number of aromatic nitrogens is 2. The lowest BCUT2D eigenvalue weighted by molar-refractivity contribution is 0.296. The Morgan fingerprint density at radius 2 is 1.81 bits per heavy atom. The van der Waals surface area contributed by atoms with Gasteiger partial charge in [0.2, 0.25) is 0 Å². The van der Waals surface area contributed by atoms with Crippen LogP contribution >= 0.6 is 11.3 Å². The van der Waals surface area contributed by atoms with E-state index in [0.717, 1.165) is 27.5 Å². The molecule has 2 aromatic carbocycles. The predicted molar refractivity (Wildman–Crippen MR) is 108 cm³/mol. The van der Waals surface area contributed by atoms with Gasteiger partial charge in [-0.1, -0.05) is 30.3 Å². The standard InChI is InChI=1S/C21H18N2O3S/c1-25-16-9-7-15(8-10-16)18-13-27-20-19(18)21(24)23(14-22-20)11-12-26-17-5-3-2-4-6-17/h2-10,13-14H,11-12H2,1H3. The quantitative estimate of drug-likeness (QED) is 0.504. The van der Waals surface area contributed by atoms with Gasteiger partial charge in [0.05, 0.1) is 25.4 Å². The van der Waals surface area contributed by atoms with Crippen LogP contribution in [0.2, 0.25) is 0 Å². The summed E-state index contributed by atoms with van der Waals surface area (Å²) >= 11 is 1.48. The van der Waals surface area contributed by atoms with E-state index in [2.05, 4.69) is 4.98 Å². The van der Waals surface area contributed by atoms with Crippen molar-refractivity contribution in [1.29, 1.82) is 0 Å². The smallest absolute Gasteiger partial charge is 0.262 e. The summed E-state index contributed by atoms with van der Waals surface area (Å²) in [5.41, 5.74) is 1.82. The van der Waals surface area contributed by atoms with Crippen molar-refractivity contribution in [2.24, 2.45) is 0 Å². The first kappa shape index (κ1) is 17.3. The molecule has 0 aliphatic heterocycles. The Kier molecular flexibility index (Phi) is 4.89. The zero-order valence-electron chi connectivity index (χ0n) is 14.8. The Morgan fingerprint density at radius 3 is 2.56 bits per heavy atom. The van der Waals surface area contributed by atoms with Crippen LogP contribution in [-0.2, 0) is 6.54 Å². The van der Waals surface area contributed by atoms with Gasteiger partial charge in [0.15, 0.2) is 0 Å². The van der Waals surface area contributed by atoms with Crippen LogP contribution in [0.1, 0.15) is 0 Å². The van der Waals surface area contributed by atoms with Crippen molar-refractivity contribution < 1.29 is 9.47 Å². The van der Waals surface area contributed by atoms with Gasteiger partial charge in [-0.15, -0.1) is 11.3 Å². The first-order valence-corrected chi connectivity index (χ1v) is 9.43. The number of methoxy groups -OCH3 is 1. The average Bonchev–Trinajstić information content (AvgIpc) is 3.15. The maximum Gasteiger partial charge on any atom is 0.262 e. The van der Waals surface area contributed by atoms with Crippen LogP contribution in [0, 0.1) is 0 Å². The summed E-state index contributed by atoms with van der Waals surface area (Å²) in [5.74, 6) is 1.57. The van der Waals surface area contributed by atoms with Gasteiger partial charge >= 0.3 is 0 Å². The van der Waals surface area contributed by atoms with Crippen molar-refractivity contribution in [2.45, 2.75) is 6.54 Å². The highest BCUT2D eigenvalue weighted by Gasteiger charge is 2.13. The van der Waals surface area contributed by atoms with E-state index < -0.39 is 0 Å². The van der Waals surface area contributed by atoms with Crippen LogP contribution in [0.15, 0.2) is 71.1 Å². The van der Waals surface area contributed by atoms with Crippen molar-refractivity contribution in [3.8, 4) is 22.6 Å². The third kappa shape index (κ3) is 3.57. The molecule has 2 aromatic heterocycles. The van der Waals surface area contributed by atoms with Gasteiger partial charge in [0.25, 0.3) is 5.56 Å². The van der Waals surface area contributed by atoms with E-state index in [1.807, 2.05) is 60.0 Å². The zero-order valence-corrected chi connectivity index (χ0v) is 15.6. The summed E-state index contributed by atoms with van der Waals surface area (Å²) in [5, 5.41) is 2.62. The number of benzene rings is 2. The predicted octanol–water partition coefficient (Wildman–Crippen LogP) is 4.21. The normalized spacial score (nSPS) is 10.9. The van der Waals surface area contributed by atoms with Gasteiger partial charge in [0, 0.05) is 10.9 Å². The van der Waals surface area contributed by atoms with Gasteiger partial charge < -0.3 is 9.47 Å². The minimum Gasteiger partial charge on any atom is -0.497 e. The number of hydrogen-bond acceptors (Lipinski definition) is 5. The third-order valence-electron chi connectivity index (χ3n) is 4.31. The van der Waals surface area contributed by atoms with Crippen LogP contribution in [-0.4, -0.2) is 23.3 Å². The van der Waals surface area contributed by atoms with Gasteiger partial charge in [0.1, 0.15) is 22.9 Å². The molecule has 0 aliphatic rings. The van der Waals surface area contributed by atoms with Gasteiger partial charge in [-0.2, -0.15) is 0 Å². The maximum absolute atomic E-state index is 13.0. The molecule has 0 spiro atoms. The molecule has 6 heteroatoms. The van der Waals surface area contributed by atoms with E-state index in [1.165, 1.54) is 11.3 Å². The van der Waals surface area contributed by atoms with E-state index >= 15 is 0 Å². The first-order chi connectivity index (χ1) is 13.3. The second-order valence-electron chi connectivity index (χ2n) is 5.96. The summed E-state index contributed by atoms with van der Waals surface area (Å²) < 4.78 is 12.5. The van der Waals surface area contributed by atoms with E-state index in [0.29, 0.717) is 18.5 Å². The van der Waals surface area contributed by atoms with Crippen molar-refractivity contribution >= 4 is 21.6 Å². The van der Waals surface area contributed by atoms with E-state index in [-0.39, 0.29) is 5.56 Å². The number of ether oxygens (including phenoxy) is 2. The molecule has 0 aliphatic carbocycles. The van der Waals surface area contributed by atoms with Crippen LogP contribution in [0.4, 0.5) is 0 Å². The summed E-state index contributed by atoms with van der Waals surface area (Å²) in [6.07, 6.45) is 1.59. The Bertz CT molecular complexity index is 1100. The van der Waals surface area contributed by atoms with E-state index in [4.69, 9.17) is 9.47 Å². The Balaban J connectivity index is 1.61. The maximum atomic E-state index is 13.0. The lowest BCUT2D eigenvalue weighted by Crippen LogP contribution is -2.23. The Morgan fingerprint density at radius 1 is 1.04 bits per heavy atom. The second-order valence-corrected chi connectivity index (χ2v) is 6.82.